The molecule has 1 heterocycles. The number of benzene rings is 1. The Morgan fingerprint density at radius 3 is 2.63 bits per heavy atom. The molecule has 1 aromatic heterocycles. The third-order valence-electron chi connectivity index (χ3n) is 2.64. The molecule has 0 bridgehead atoms. The van der Waals surface area contributed by atoms with Gasteiger partial charge in [-0.05, 0) is 25.1 Å². The lowest BCUT2D eigenvalue weighted by atomic mass is 10.2. The molecule has 2 unspecified atom stereocenters. The first kappa shape index (κ1) is 13.6. The smallest absolute Gasteiger partial charge is 0.426 e. The van der Waals surface area contributed by atoms with Crippen LogP contribution in [-0.4, -0.2) is 23.3 Å². The number of alkyl halides is 3. The van der Waals surface area contributed by atoms with E-state index in [9.17, 15) is 13.2 Å². The van der Waals surface area contributed by atoms with Crippen LogP contribution in [-0.2, 0) is 0 Å². The first-order valence-electron chi connectivity index (χ1n) is 5.71. The van der Waals surface area contributed by atoms with E-state index in [1.54, 1.807) is 18.3 Å². The minimum atomic E-state index is -4.51. The summed E-state index contributed by atoms with van der Waals surface area (Å²) >= 11 is 0. The lowest BCUT2D eigenvalue weighted by Crippen LogP contribution is -2.47. The monoisotopic (exact) mass is 270 g/mol. The molecule has 3 nitrogen and oxygen atoms in total. The number of nitrogens with two attached hydrogens (primary N) is 1. The van der Waals surface area contributed by atoms with Crippen LogP contribution in [0.4, 0.5) is 13.2 Å². The van der Waals surface area contributed by atoms with Crippen molar-refractivity contribution in [1.29, 1.82) is 0 Å². The summed E-state index contributed by atoms with van der Waals surface area (Å²) in [4.78, 5) is 4.06. The van der Waals surface area contributed by atoms with Crippen LogP contribution in [0.3, 0.4) is 0 Å². The van der Waals surface area contributed by atoms with Crippen molar-refractivity contribution < 1.29 is 17.9 Å². The number of aromatic nitrogens is 1. The van der Waals surface area contributed by atoms with Crippen LogP contribution in [0.15, 0.2) is 36.5 Å². The van der Waals surface area contributed by atoms with Gasteiger partial charge in [-0.1, -0.05) is 6.07 Å². The normalized spacial score (nSPS) is 15.2. The van der Waals surface area contributed by atoms with Crippen LogP contribution in [0.25, 0.3) is 10.9 Å². The van der Waals surface area contributed by atoms with Gasteiger partial charge in [0.05, 0.1) is 5.52 Å². The van der Waals surface area contributed by atoms with Crippen molar-refractivity contribution in [2.45, 2.75) is 25.2 Å². The highest BCUT2D eigenvalue weighted by Crippen LogP contribution is 2.28. The van der Waals surface area contributed by atoms with Gasteiger partial charge in [-0.25, -0.2) is 0 Å². The molecule has 0 spiro atoms. The Kier molecular flexibility index (Phi) is 3.61. The zero-order valence-electron chi connectivity index (χ0n) is 10.2. The van der Waals surface area contributed by atoms with Crippen LogP contribution in [0.1, 0.15) is 6.92 Å². The summed E-state index contributed by atoms with van der Waals surface area (Å²) in [5.74, 6) is 0.103. The van der Waals surface area contributed by atoms with Gasteiger partial charge in [-0.2, -0.15) is 13.2 Å². The zero-order valence-corrected chi connectivity index (χ0v) is 10.2. The van der Waals surface area contributed by atoms with Gasteiger partial charge in [-0.3, -0.25) is 4.98 Å². The molecule has 0 aliphatic rings. The summed E-state index contributed by atoms with van der Waals surface area (Å²) in [5, 5.41) is 0.833. The Morgan fingerprint density at radius 2 is 2.00 bits per heavy atom. The summed E-state index contributed by atoms with van der Waals surface area (Å²) in [6.07, 6.45) is -4.97. The fourth-order valence-corrected chi connectivity index (χ4v) is 1.74. The average Bonchev–Trinajstić information content (AvgIpc) is 2.34. The fraction of sp³-hybridized carbons (Fsp3) is 0.308. The molecule has 2 N–H and O–H groups in total. The van der Waals surface area contributed by atoms with E-state index in [4.69, 9.17) is 10.5 Å². The van der Waals surface area contributed by atoms with Gasteiger partial charge in [0.15, 0.2) is 0 Å². The zero-order chi connectivity index (χ0) is 14.0. The molecule has 6 heteroatoms. The van der Waals surface area contributed by atoms with Gasteiger partial charge in [0, 0.05) is 23.7 Å². The molecule has 2 rings (SSSR count). The molecule has 2 atom stereocenters. The Morgan fingerprint density at radius 1 is 1.26 bits per heavy atom. The summed E-state index contributed by atoms with van der Waals surface area (Å²) in [6, 6.07) is 7.02. The third-order valence-corrected chi connectivity index (χ3v) is 2.64. The maximum absolute atomic E-state index is 12.7. The number of pyridine rings is 1. The van der Waals surface area contributed by atoms with Gasteiger partial charge >= 0.3 is 6.18 Å². The molecule has 0 saturated heterocycles. The average molecular weight is 270 g/mol. The second kappa shape index (κ2) is 5.05. The topological polar surface area (TPSA) is 48.1 Å². The predicted molar refractivity (Wildman–Crippen MR) is 65.9 cm³/mol. The SMILES string of the molecule is CC(N)C(Oc1ccc2cccnc2c1)C(F)(F)F. The van der Waals surface area contributed by atoms with Crippen LogP contribution in [0.2, 0.25) is 0 Å². The van der Waals surface area contributed by atoms with E-state index >= 15 is 0 Å². The standard InChI is InChI=1S/C13H13F3N2O/c1-8(17)12(13(14,15)16)19-10-5-4-9-3-2-6-18-11(9)7-10/h2-8,12H,17H2,1H3. The second-order valence-corrected chi connectivity index (χ2v) is 4.30. The van der Waals surface area contributed by atoms with E-state index in [0.717, 1.165) is 5.39 Å². The van der Waals surface area contributed by atoms with Crippen molar-refractivity contribution in [3.63, 3.8) is 0 Å². The van der Waals surface area contributed by atoms with Crippen molar-refractivity contribution in [2.75, 3.05) is 0 Å². The van der Waals surface area contributed by atoms with Crippen LogP contribution >= 0.6 is 0 Å². The van der Waals surface area contributed by atoms with Crippen molar-refractivity contribution in [2.24, 2.45) is 5.73 Å². The Hall–Kier alpha value is -1.82. The molecule has 0 amide bonds. The van der Waals surface area contributed by atoms with Crippen LogP contribution in [0, 0.1) is 0 Å². The van der Waals surface area contributed by atoms with Crippen molar-refractivity contribution in [3.05, 3.63) is 36.5 Å². The van der Waals surface area contributed by atoms with Gasteiger partial charge < -0.3 is 10.5 Å². The highest BCUT2D eigenvalue weighted by atomic mass is 19.4. The van der Waals surface area contributed by atoms with Crippen molar-refractivity contribution in [3.8, 4) is 5.75 Å². The number of hydrogen-bond donors (Lipinski definition) is 1. The molecule has 19 heavy (non-hydrogen) atoms. The Labute approximate surface area is 108 Å². The summed E-state index contributed by atoms with van der Waals surface area (Å²) in [6.45, 7) is 1.26. The highest BCUT2D eigenvalue weighted by molar-refractivity contribution is 5.79. The molecule has 0 aliphatic carbocycles. The van der Waals surface area contributed by atoms with Gasteiger partial charge in [0.25, 0.3) is 0 Å². The van der Waals surface area contributed by atoms with E-state index in [0.29, 0.717) is 5.52 Å². The van der Waals surface area contributed by atoms with Gasteiger partial charge in [0.1, 0.15) is 5.75 Å². The number of fused-ring (bicyclic) bond motifs is 1. The fourth-order valence-electron chi connectivity index (χ4n) is 1.74. The van der Waals surface area contributed by atoms with Crippen molar-refractivity contribution in [1.82, 2.24) is 4.98 Å². The first-order valence-corrected chi connectivity index (χ1v) is 5.71. The minimum Gasteiger partial charge on any atom is -0.479 e. The van der Waals surface area contributed by atoms with E-state index in [1.165, 1.54) is 19.1 Å². The number of nitrogens with zero attached hydrogens (tertiary/aromatic N) is 1. The number of halogens is 3. The molecular formula is C13H13F3N2O. The van der Waals surface area contributed by atoms with Crippen LogP contribution in [0.5, 0.6) is 5.75 Å². The largest absolute Gasteiger partial charge is 0.479 e. The molecule has 0 saturated carbocycles. The third kappa shape index (κ3) is 3.14. The quantitative estimate of drug-likeness (QED) is 0.932. The van der Waals surface area contributed by atoms with Crippen LogP contribution < -0.4 is 10.5 Å². The summed E-state index contributed by atoms with van der Waals surface area (Å²) in [7, 11) is 0. The van der Waals surface area contributed by atoms with Gasteiger partial charge in [-0.15, -0.1) is 0 Å². The maximum atomic E-state index is 12.7. The molecule has 0 radical (unpaired) electrons. The van der Waals surface area contributed by atoms with Gasteiger partial charge in [0.2, 0.25) is 6.10 Å². The maximum Gasteiger partial charge on any atom is 0.426 e. The predicted octanol–water partition coefficient (Wildman–Crippen LogP) is 2.89. The van der Waals surface area contributed by atoms with E-state index < -0.39 is 18.3 Å². The molecular weight excluding hydrogens is 257 g/mol. The minimum absolute atomic E-state index is 0.103. The first-order chi connectivity index (χ1) is 8.88. The lowest BCUT2D eigenvalue weighted by Gasteiger charge is -2.24. The van der Waals surface area contributed by atoms with E-state index in [1.807, 2.05) is 6.07 Å². The summed E-state index contributed by atoms with van der Waals surface area (Å²) in [5.41, 5.74) is 5.90. The second-order valence-electron chi connectivity index (χ2n) is 4.30. The van der Waals surface area contributed by atoms with Crippen molar-refractivity contribution >= 4 is 10.9 Å². The molecule has 0 fully saturated rings. The highest BCUT2D eigenvalue weighted by Gasteiger charge is 2.44. The van der Waals surface area contributed by atoms with E-state index in [2.05, 4.69) is 4.98 Å². The van der Waals surface area contributed by atoms with E-state index in [-0.39, 0.29) is 5.75 Å². The number of ether oxygens (including phenoxy) is 1. The summed E-state index contributed by atoms with van der Waals surface area (Å²) < 4.78 is 43.2. The molecule has 2 aromatic rings. The molecule has 102 valence electrons. The number of hydrogen-bond acceptors (Lipinski definition) is 3. The molecule has 0 aliphatic heterocycles. The molecule has 1 aromatic carbocycles. The Balaban J connectivity index is 2.29. The number of rotatable bonds is 3. The Bertz CT molecular complexity index is 569. The lowest BCUT2D eigenvalue weighted by molar-refractivity contribution is -0.199.